The maximum atomic E-state index is 14.3. The Morgan fingerprint density at radius 2 is 1.64 bits per heavy atom. The number of rotatable bonds is 12. The summed E-state index contributed by atoms with van der Waals surface area (Å²) in [6.07, 6.45) is 4.37. The fourth-order valence-corrected chi connectivity index (χ4v) is 6.83. The predicted molar refractivity (Wildman–Crippen MR) is 165 cm³/mol. The molecule has 9 heteroatoms. The molecule has 0 radical (unpaired) electrons. The van der Waals surface area contributed by atoms with Gasteiger partial charge in [-0.25, -0.2) is 8.42 Å². The topological polar surface area (TPSA) is 96.0 Å². The lowest BCUT2D eigenvalue weighted by Gasteiger charge is -2.34. The number of nitrogens with zero attached hydrogens (tertiary/aromatic N) is 2. The third-order valence-corrected chi connectivity index (χ3v) is 9.54. The number of hydrogen-bond acceptors (Lipinski definition) is 5. The number of benzene rings is 3. The fraction of sp³-hybridized carbons (Fsp3) is 0.394. The van der Waals surface area contributed by atoms with Crippen molar-refractivity contribution in [3.8, 4) is 5.75 Å². The molecule has 1 aliphatic rings. The predicted octanol–water partition coefficient (Wildman–Crippen LogP) is 5.37. The molecule has 0 heterocycles. The SMILES string of the molecule is CC[C@@H](C(=O)NC1CCCC1)N(Cc1cccc(C)c1)C(=O)CN(c1cccc(OC)c1)S(=O)(=O)c1ccc(C)cc1. The van der Waals surface area contributed by atoms with Crippen molar-refractivity contribution in [2.75, 3.05) is 18.0 Å². The number of anilines is 1. The molecule has 0 spiro atoms. The molecule has 2 amide bonds. The molecule has 42 heavy (non-hydrogen) atoms. The molecule has 0 saturated heterocycles. The van der Waals surface area contributed by atoms with Gasteiger partial charge >= 0.3 is 0 Å². The molecule has 1 aliphatic carbocycles. The highest BCUT2D eigenvalue weighted by atomic mass is 32.2. The standard InChI is InChI=1S/C33H41N3O5S/c1-5-31(33(38)34-27-12-6-7-13-27)35(22-26-11-8-10-25(3)20-26)32(37)23-36(28-14-9-15-29(21-28)41-4)42(39,40)30-18-16-24(2)17-19-30/h8-11,14-21,27,31H,5-7,12-13,22-23H2,1-4H3,(H,34,38)/t31-/m0/s1. The Morgan fingerprint density at radius 1 is 0.952 bits per heavy atom. The average molecular weight is 592 g/mol. The summed E-state index contributed by atoms with van der Waals surface area (Å²) in [5.74, 6) is -0.216. The minimum Gasteiger partial charge on any atom is -0.497 e. The zero-order chi connectivity index (χ0) is 30.3. The van der Waals surface area contributed by atoms with Crippen LogP contribution in [0.25, 0.3) is 0 Å². The van der Waals surface area contributed by atoms with E-state index in [1.807, 2.05) is 45.0 Å². The largest absolute Gasteiger partial charge is 0.497 e. The van der Waals surface area contributed by atoms with E-state index in [0.717, 1.165) is 46.7 Å². The van der Waals surface area contributed by atoms with Crippen molar-refractivity contribution >= 4 is 27.5 Å². The van der Waals surface area contributed by atoms with Gasteiger partial charge in [0.1, 0.15) is 18.3 Å². The summed E-state index contributed by atoms with van der Waals surface area (Å²) >= 11 is 0. The maximum Gasteiger partial charge on any atom is 0.264 e. The Labute approximate surface area is 249 Å². The van der Waals surface area contributed by atoms with E-state index >= 15 is 0 Å². The number of sulfonamides is 1. The number of nitrogens with one attached hydrogen (secondary N) is 1. The van der Waals surface area contributed by atoms with E-state index in [2.05, 4.69) is 5.32 Å². The van der Waals surface area contributed by atoms with E-state index in [1.165, 1.54) is 24.1 Å². The van der Waals surface area contributed by atoms with Crippen LogP contribution in [-0.4, -0.2) is 50.9 Å². The Morgan fingerprint density at radius 3 is 2.29 bits per heavy atom. The van der Waals surface area contributed by atoms with Crippen molar-refractivity contribution in [3.05, 3.63) is 89.5 Å². The highest BCUT2D eigenvalue weighted by Gasteiger charge is 2.34. The number of aryl methyl sites for hydroxylation is 2. The first-order valence-electron chi connectivity index (χ1n) is 14.5. The smallest absolute Gasteiger partial charge is 0.264 e. The van der Waals surface area contributed by atoms with Crippen molar-refractivity contribution in [1.29, 1.82) is 0 Å². The van der Waals surface area contributed by atoms with Crippen LogP contribution in [0.2, 0.25) is 0 Å². The van der Waals surface area contributed by atoms with Crippen molar-refractivity contribution in [1.82, 2.24) is 10.2 Å². The lowest BCUT2D eigenvalue weighted by atomic mass is 10.1. The summed E-state index contributed by atoms with van der Waals surface area (Å²) in [5, 5.41) is 3.14. The summed E-state index contributed by atoms with van der Waals surface area (Å²) < 4.78 is 34.6. The van der Waals surface area contributed by atoms with Gasteiger partial charge in [0.2, 0.25) is 11.8 Å². The third-order valence-electron chi connectivity index (χ3n) is 7.75. The Kier molecular flexibility index (Phi) is 10.3. The Hall–Kier alpha value is -3.85. The maximum absolute atomic E-state index is 14.3. The first-order valence-corrected chi connectivity index (χ1v) is 15.9. The van der Waals surface area contributed by atoms with E-state index in [0.29, 0.717) is 17.9 Å². The number of hydrogen-bond donors (Lipinski definition) is 1. The van der Waals surface area contributed by atoms with Crippen LogP contribution in [-0.2, 0) is 26.2 Å². The van der Waals surface area contributed by atoms with Crippen molar-refractivity contribution < 1.29 is 22.7 Å². The first-order chi connectivity index (χ1) is 20.1. The van der Waals surface area contributed by atoms with Gasteiger partial charge in [0.05, 0.1) is 17.7 Å². The zero-order valence-electron chi connectivity index (χ0n) is 24.9. The highest BCUT2D eigenvalue weighted by molar-refractivity contribution is 7.92. The molecule has 3 aromatic rings. The Bertz CT molecular complexity index is 1480. The second-order valence-electron chi connectivity index (χ2n) is 11.0. The van der Waals surface area contributed by atoms with Crippen LogP contribution in [0.5, 0.6) is 5.75 Å². The number of carbonyl (C=O) groups excluding carboxylic acids is 2. The third kappa shape index (κ3) is 7.50. The van der Waals surface area contributed by atoms with Gasteiger partial charge in [0.25, 0.3) is 10.0 Å². The second kappa shape index (κ2) is 13.9. The zero-order valence-corrected chi connectivity index (χ0v) is 25.7. The highest BCUT2D eigenvalue weighted by Crippen LogP contribution is 2.28. The van der Waals surface area contributed by atoms with Crippen LogP contribution in [0.15, 0.2) is 77.7 Å². The quantitative estimate of drug-likeness (QED) is 0.305. The van der Waals surface area contributed by atoms with Gasteiger partial charge < -0.3 is 15.0 Å². The molecule has 224 valence electrons. The van der Waals surface area contributed by atoms with Gasteiger partial charge in [0.15, 0.2) is 0 Å². The van der Waals surface area contributed by atoms with Gasteiger partial charge in [-0.3, -0.25) is 13.9 Å². The second-order valence-corrected chi connectivity index (χ2v) is 12.8. The minimum atomic E-state index is -4.15. The minimum absolute atomic E-state index is 0.0694. The molecule has 3 aromatic carbocycles. The van der Waals surface area contributed by atoms with Crippen LogP contribution < -0.4 is 14.4 Å². The van der Waals surface area contributed by atoms with Crippen molar-refractivity contribution in [2.45, 2.75) is 76.4 Å². The average Bonchev–Trinajstić information content (AvgIpc) is 3.49. The van der Waals surface area contributed by atoms with E-state index in [-0.39, 0.29) is 23.4 Å². The van der Waals surface area contributed by atoms with Gasteiger partial charge in [-0.2, -0.15) is 0 Å². The van der Waals surface area contributed by atoms with E-state index in [9.17, 15) is 18.0 Å². The molecule has 4 rings (SSSR count). The lowest BCUT2D eigenvalue weighted by molar-refractivity contribution is -0.140. The van der Waals surface area contributed by atoms with Crippen molar-refractivity contribution in [3.63, 3.8) is 0 Å². The number of amides is 2. The van der Waals surface area contributed by atoms with Crippen LogP contribution in [0, 0.1) is 13.8 Å². The van der Waals surface area contributed by atoms with Crippen LogP contribution in [0.1, 0.15) is 55.7 Å². The van der Waals surface area contributed by atoms with E-state index < -0.39 is 28.5 Å². The summed E-state index contributed by atoms with van der Waals surface area (Å²) in [7, 11) is -2.64. The molecule has 0 aromatic heterocycles. The fourth-order valence-electron chi connectivity index (χ4n) is 5.43. The number of ether oxygens (including phenoxy) is 1. The van der Waals surface area contributed by atoms with Gasteiger partial charge in [-0.05, 0) is 62.9 Å². The first kappa shape index (κ1) is 31.1. The van der Waals surface area contributed by atoms with Crippen LogP contribution in [0.3, 0.4) is 0 Å². The van der Waals surface area contributed by atoms with Crippen molar-refractivity contribution in [2.24, 2.45) is 0 Å². The van der Waals surface area contributed by atoms with E-state index in [1.54, 1.807) is 36.4 Å². The summed E-state index contributed by atoms with van der Waals surface area (Å²) in [5.41, 5.74) is 3.11. The number of methoxy groups -OCH3 is 1. The molecule has 0 bridgehead atoms. The van der Waals surface area contributed by atoms with Gasteiger partial charge in [0, 0.05) is 18.7 Å². The lowest BCUT2D eigenvalue weighted by Crippen LogP contribution is -2.53. The summed E-state index contributed by atoms with van der Waals surface area (Å²) in [6.45, 7) is 5.41. The van der Waals surface area contributed by atoms with Crippen LogP contribution >= 0.6 is 0 Å². The molecule has 8 nitrogen and oxygen atoms in total. The number of carbonyl (C=O) groups is 2. The molecule has 0 unspecified atom stereocenters. The Balaban J connectivity index is 1.73. The molecular weight excluding hydrogens is 550 g/mol. The molecule has 1 saturated carbocycles. The summed E-state index contributed by atoms with van der Waals surface area (Å²) in [6, 6.07) is 20.3. The molecule has 0 aliphatic heterocycles. The van der Waals surface area contributed by atoms with E-state index in [4.69, 9.17) is 4.74 Å². The molecule has 1 atom stereocenters. The normalized spacial score (nSPS) is 14.3. The monoisotopic (exact) mass is 591 g/mol. The van der Waals surface area contributed by atoms with Gasteiger partial charge in [-0.15, -0.1) is 0 Å². The molecule has 1 fully saturated rings. The molecule has 1 N–H and O–H groups in total. The van der Waals surface area contributed by atoms with Gasteiger partial charge in [-0.1, -0.05) is 73.4 Å². The molecular formula is C33H41N3O5S. The summed E-state index contributed by atoms with van der Waals surface area (Å²) in [4.78, 5) is 29.4. The van der Waals surface area contributed by atoms with Crippen LogP contribution in [0.4, 0.5) is 5.69 Å².